The maximum Gasteiger partial charge on any atom is 0.329 e. The van der Waals surface area contributed by atoms with Gasteiger partial charge in [-0.05, 0) is 42.8 Å². The van der Waals surface area contributed by atoms with Crippen LogP contribution in [0.4, 0.5) is 4.79 Å². The third-order valence-electron chi connectivity index (χ3n) is 2.80. The van der Waals surface area contributed by atoms with E-state index in [0.29, 0.717) is 13.1 Å². The maximum atomic E-state index is 12.0. The lowest BCUT2D eigenvalue weighted by atomic mass is 10.0. The van der Waals surface area contributed by atoms with Gasteiger partial charge >= 0.3 is 12.0 Å². The molecule has 1 heterocycles. The molecule has 0 aromatic carbocycles. The summed E-state index contributed by atoms with van der Waals surface area (Å²) in [5.74, 6) is -1.02. The summed E-state index contributed by atoms with van der Waals surface area (Å²) in [6.45, 7) is 5.51. The number of nitrogens with one attached hydrogen (secondary N) is 1. The lowest BCUT2D eigenvalue weighted by Gasteiger charge is -2.34. The molecule has 0 aliphatic carbocycles. The van der Waals surface area contributed by atoms with E-state index < -0.39 is 11.5 Å². The molecule has 1 rings (SSSR count). The van der Waals surface area contributed by atoms with Crippen molar-refractivity contribution >= 4 is 39.3 Å². The van der Waals surface area contributed by atoms with Crippen LogP contribution in [0.5, 0.6) is 0 Å². The van der Waals surface area contributed by atoms with Crippen molar-refractivity contribution in [1.82, 2.24) is 10.2 Å². The number of likely N-dealkylation sites (N-methyl/N-ethyl adjacent to an activating group) is 1. The van der Waals surface area contributed by atoms with Crippen molar-refractivity contribution in [2.45, 2.75) is 32.9 Å². The molecule has 106 valence electrons. The first kappa shape index (κ1) is 16.0. The van der Waals surface area contributed by atoms with Crippen LogP contribution in [0.3, 0.4) is 0 Å². The van der Waals surface area contributed by atoms with Gasteiger partial charge in [0.1, 0.15) is 5.54 Å². The first-order chi connectivity index (χ1) is 8.78. The van der Waals surface area contributed by atoms with Crippen LogP contribution in [0.1, 0.15) is 25.6 Å². The third kappa shape index (κ3) is 3.94. The fourth-order valence-electron chi connectivity index (χ4n) is 1.61. The number of carbonyl (C=O) groups is 2. The number of urea groups is 1. The maximum absolute atomic E-state index is 12.0. The van der Waals surface area contributed by atoms with Crippen LogP contribution in [0.2, 0.25) is 0 Å². The highest BCUT2D eigenvalue weighted by atomic mass is 79.9. The quantitative estimate of drug-likeness (QED) is 0.859. The lowest BCUT2D eigenvalue weighted by molar-refractivity contribution is -0.147. The summed E-state index contributed by atoms with van der Waals surface area (Å²) in [5, 5.41) is 13.8. The molecule has 5 nitrogen and oxygen atoms in total. The SMILES string of the molecule is CCN(C(=O)NCc1cc(Br)cs1)C(C)(C)C(=O)O. The van der Waals surface area contributed by atoms with Crippen LogP contribution in [0.25, 0.3) is 0 Å². The predicted octanol–water partition coefficient (Wildman–Crippen LogP) is 2.91. The van der Waals surface area contributed by atoms with Gasteiger partial charge in [-0.3, -0.25) is 0 Å². The van der Waals surface area contributed by atoms with Crippen LogP contribution in [0, 0.1) is 0 Å². The molecule has 2 N–H and O–H groups in total. The van der Waals surface area contributed by atoms with Crippen LogP contribution in [-0.2, 0) is 11.3 Å². The van der Waals surface area contributed by atoms with Crippen molar-refractivity contribution in [2.24, 2.45) is 0 Å². The van der Waals surface area contributed by atoms with Crippen molar-refractivity contribution in [3.63, 3.8) is 0 Å². The van der Waals surface area contributed by atoms with E-state index in [0.717, 1.165) is 9.35 Å². The number of carbonyl (C=O) groups excluding carboxylic acids is 1. The molecule has 0 aliphatic rings. The van der Waals surface area contributed by atoms with Gasteiger partial charge in [-0.2, -0.15) is 0 Å². The highest BCUT2D eigenvalue weighted by Gasteiger charge is 2.36. The number of amides is 2. The Morgan fingerprint density at radius 1 is 1.53 bits per heavy atom. The molecule has 0 bridgehead atoms. The molecule has 0 atom stereocenters. The van der Waals surface area contributed by atoms with Crippen LogP contribution in [0.15, 0.2) is 15.9 Å². The Morgan fingerprint density at radius 3 is 2.58 bits per heavy atom. The standard InChI is InChI=1S/C12H17BrN2O3S/c1-4-15(12(2,3)10(16)17)11(18)14-6-9-5-8(13)7-19-9/h5,7H,4,6H2,1-3H3,(H,14,18)(H,16,17). The monoisotopic (exact) mass is 348 g/mol. The Morgan fingerprint density at radius 2 is 2.16 bits per heavy atom. The molecule has 2 amide bonds. The molecule has 0 radical (unpaired) electrons. The summed E-state index contributed by atoms with van der Waals surface area (Å²) < 4.78 is 0.972. The Hall–Kier alpha value is -1.08. The third-order valence-corrected chi connectivity index (χ3v) is 4.49. The number of carboxylic acids is 1. The second kappa shape index (κ2) is 6.38. The number of halogens is 1. The van der Waals surface area contributed by atoms with E-state index in [-0.39, 0.29) is 6.03 Å². The van der Waals surface area contributed by atoms with Gasteiger partial charge in [0.2, 0.25) is 0 Å². The van der Waals surface area contributed by atoms with Gasteiger partial charge in [-0.1, -0.05) is 0 Å². The van der Waals surface area contributed by atoms with Gasteiger partial charge in [0.15, 0.2) is 0 Å². The first-order valence-electron chi connectivity index (χ1n) is 5.80. The van der Waals surface area contributed by atoms with Crippen LogP contribution < -0.4 is 5.32 Å². The van der Waals surface area contributed by atoms with Gasteiger partial charge in [-0.25, -0.2) is 9.59 Å². The summed E-state index contributed by atoms with van der Waals surface area (Å²) in [5.41, 5.74) is -1.23. The predicted molar refractivity (Wildman–Crippen MR) is 78.3 cm³/mol. The first-order valence-corrected chi connectivity index (χ1v) is 7.48. The zero-order valence-corrected chi connectivity index (χ0v) is 13.5. The van der Waals surface area contributed by atoms with E-state index in [4.69, 9.17) is 5.11 Å². The molecule has 7 heteroatoms. The number of aliphatic carboxylic acids is 1. The molecule has 1 aromatic rings. The van der Waals surface area contributed by atoms with Crippen molar-refractivity contribution in [3.05, 3.63) is 20.8 Å². The van der Waals surface area contributed by atoms with Crippen LogP contribution >= 0.6 is 27.3 Å². The summed E-state index contributed by atoms with van der Waals surface area (Å²) in [6, 6.07) is 1.54. The Balaban J connectivity index is 2.67. The van der Waals surface area contributed by atoms with E-state index in [1.54, 1.807) is 6.92 Å². The average molecular weight is 349 g/mol. The van der Waals surface area contributed by atoms with Gasteiger partial charge in [0, 0.05) is 21.3 Å². The molecule has 1 aromatic heterocycles. The zero-order valence-electron chi connectivity index (χ0n) is 11.1. The van der Waals surface area contributed by atoms with E-state index in [2.05, 4.69) is 21.2 Å². The summed E-state index contributed by atoms with van der Waals surface area (Å²) in [4.78, 5) is 25.5. The second-order valence-electron chi connectivity index (χ2n) is 4.50. The Kier molecular flexibility index (Phi) is 5.37. The number of rotatable bonds is 5. The molecule has 0 spiro atoms. The number of nitrogens with zero attached hydrogens (tertiary/aromatic N) is 1. The van der Waals surface area contributed by atoms with E-state index in [9.17, 15) is 9.59 Å². The van der Waals surface area contributed by atoms with Gasteiger partial charge in [-0.15, -0.1) is 11.3 Å². The Labute approximate surface area is 124 Å². The van der Waals surface area contributed by atoms with E-state index in [1.807, 2.05) is 11.4 Å². The van der Waals surface area contributed by atoms with Crippen molar-refractivity contribution < 1.29 is 14.7 Å². The molecule has 0 saturated carbocycles. The van der Waals surface area contributed by atoms with Crippen molar-refractivity contribution in [2.75, 3.05) is 6.54 Å². The highest BCUT2D eigenvalue weighted by molar-refractivity contribution is 9.10. The molecule has 19 heavy (non-hydrogen) atoms. The van der Waals surface area contributed by atoms with Gasteiger partial charge in [0.05, 0.1) is 6.54 Å². The largest absolute Gasteiger partial charge is 0.480 e. The fraction of sp³-hybridized carbons (Fsp3) is 0.500. The number of hydrogen-bond donors (Lipinski definition) is 2. The summed E-state index contributed by atoms with van der Waals surface area (Å²) in [7, 11) is 0. The fourth-order valence-corrected chi connectivity index (χ4v) is 3.00. The van der Waals surface area contributed by atoms with Crippen molar-refractivity contribution in [1.29, 1.82) is 0 Å². The van der Waals surface area contributed by atoms with Gasteiger partial charge < -0.3 is 15.3 Å². The molecule has 0 unspecified atom stereocenters. The molecular weight excluding hydrogens is 332 g/mol. The Bertz CT molecular complexity index is 473. The molecule has 0 saturated heterocycles. The second-order valence-corrected chi connectivity index (χ2v) is 6.41. The number of carboxylic acid groups (broad SMARTS) is 1. The topological polar surface area (TPSA) is 69.6 Å². The minimum absolute atomic E-state index is 0.333. The average Bonchev–Trinajstić information content (AvgIpc) is 2.73. The number of thiophene rings is 1. The van der Waals surface area contributed by atoms with Crippen LogP contribution in [-0.4, -0.2) is 34.1 Å². The van der Waals surface area contributed by atoms with E-state index >= 15 is 0 Å². The normalized spacial score (nSPS) is 11.2. The minimum Gasteiger partial charge on any atom is -0.480 e. The van der Waals surface area contributed by atoms with Gasteiger partial charge in [0.25, 0.3) is 0 Å². The smallest absolute Gasteiger partial charge is 0.329 e. The minimum atomic E-state index is -1.23. The molecular formula is C12H17BrN2O3S. The highest BCUT2D eigenvalue weighted by Crippen LogP contribution is 2.20. The molecule has 0 aliphatic heterocycles. The van der Waals surface area contributed by atoms with Crippen molar-refractivity contribution in [3.8, 4) is 0 Å². The summed E-state index contributed by atoms with van der Waals surface area (Å²) in [6.07, 6.45) is 0. The van der Waals surface area contributed by atoms with E-state index in [1.165, 1.54) is 30.1 Å². The number of hydrogen-bond acceptors (Lipinski definition) is 3. The lowest BCUT2D eigenvalue weighted by Crippen LogP contribution is -2.55. The zero-order chi connectivity index (χ0) is 14.6. The summed E-state index contributed by atoms with van der Waals surface area (Å²) >= 11 is 4.87. The molecule has 0 fully saturated rings.